The minimum Gasteiger partial charge on any atom is -1.00 e. The Kier molecular flexibility index (Phi) is 11.9. The zero-order valence-corrected chi connectivity index (χ0v) is 15.3. The van der Waals surface area contributed by atoms with Gasteiger partial charge in [0.1, 0.15) is 0 Å². The molecule has 0 bridgehead atoms. The Balaban J connectivity index is 0. The van der Waals surface area contributed by atoms with E-state index in [9.17, 15) is 0 Å². The molecule has 3 rings (SSSR count). The third kappa shape index (κ3) is 5.60. The summed E-state index contributed by atoms with van der Waals surface area (Å²) in [7, 11) is 0. The number of rotatable bonds is 0. The van der Waals surface area contributed by atoms with E-state index in [4.69, 9.17) is 0 Å². The molecule has 0 heterocycles. The SMILES string of the molecule is Cc1c[cH-]c2ccccc12.[C-]1=CC=CC1.[Cl-].[Cl-].[Hf+4]. The summed E-state index contributed by atoms with van der Waals surface area (Å²) in [6, 6.07) is 12.8. The monoisotopic (exact) mass is 444 g/mol. The van der Waals surface area contributed by atoms with E-state index in [2.05, 4.69) is 55.5 Å². The molecule has 3 heteroatoms. The van der Waals surface area contributed by atoms with Gasteiger partial charge in [0.15, 0.2) is 0 Å². The van der Waals surface area contributed by atoms with Crippen molar-refractivity contribution in [2.24, 2.45) is 0 Å². The summed E-state index contributed by atoms with van der Waals surface area (Å²) in [5.41, 5.74) is 1.37. The number of hydrogen-bond acceptors (Lipinski definition) is 0. The maximum Gasteiger partial charge on any atom is 4.00 e. The van der Waals surface area contributed by atoms with E-state index < -0.39 is 0 Å². The molecule has 0 fully saturated rings. The van der Waals surface area contributed by atoms with Gasteiger partial charge < -0.3 is 24.8 Å². The first kappa shape index (κ1) is 20.1. The maximum absolute atomic E-state index is 2.99. The Hall–Kier alpha value is -0.240. The summed E-state index contributed by atoms with van der Waals surface area (Å²) in [4.78, 5) is 0. The van der Waals surface area contributed by atoms with Crippen LogP contribution in [0.3, 0.4) is 0 Å². The van der Waals surface area contributed by atoms with Gasteiger partial charge in [0.25, 0.3) is 0 Å². The second-order valence-corrected chi connectivity index (χ2v) is 3.61. The van der Waals surface area contributed by atoms with Gasteiger partial charge in [-0.25, -0.2) is 12.2 Å². The summed E-state index contributed by atoms with van der Waals surface area (Å²) >= 11 is 0. The van der Waals surface area contributed by atoms with Gasteiger partial charge in [-0.2, -0.15) is 17.7 Å². The van der Waals surface area contributed by atoms with Crippen LogP contribution in [0.2, 0.25) is 0 Å². The Labute approximate surface area is 140 Å². The third-order valence-corrected chi connectivity index (χ3v) is 2.48. The van der Waals surface area contributed by atoms with Crippen LogP contribution >= 0.6 is 0 Å². The van der Waals surface area contributed by atoms with Crippen LogP contribution in [-0.2, 0) is 25.8 Å². The minimum absolute atomic E-state index is 0. The van der Waals surface area contributed by atoms with Gasteiger partial charge in [-0.3, -0.25) is 6.08 Å². The molecule has 0 aliphatic heterocycles. The second-order valence-electron chi connectivity index (χ2n) is 3.61. The average Bonchev–Trinajstić information content (AvgIpc) is 2.92. The fraction of sp³-hybridized carbons (Fsp3) is 0.133. The number of aryl methyl sites for hydroxylation is 1. The standard InChI is InChI=1S/C10H9.C5H5.2ClH.Hf/c1-8-6-7-9-4-2-3-5-10(8)9;1-2-4-5-3-1;;;/h2-7H,1H3;1-3H,4H2;2*1H;/q2*-1;;;+4/p-2. The molecule has 2 aromatic rings. The van der Waals surface area contributed by atoms with Gasteiger partial charge in [-0.15, -0.1) is 41.5 Å². The molecule has 2 aromatic carbocycles. The van der Waals surface area contributed by atoms with Crippen LogP contribution in [0, 0.1) is 13.0 Å². The summed E-state index contributed by atoms with van der Waals surface area (Å²) in [5.74, 6) is 0. The molecule has 0 saturated heterocycles. The van der Waals surface area contributed by atoms with Crippen molar-refractivity contribution in [3.05, 3.63) is 66.3 Å². The van der Waals surface area contributed by atoms with Crippen LogP contribution in [0.5, 0.6) is 0 Å². The normalized spacial score (nSPS) is 10.7. The molecule has 92 valence electrons. The molecule has 0 unspecified atom stereocenters. The predicted octanol–water partition coefficient (Wildman–Crippen LogP) is -1.82. The fourth-order valence-corrected chi connectivity index (χ4v) is 1.65. The van der Waals surface area contributed by atoms with E-state index in [1.165, 1.54) is 16.3 Å². The van der Waals surface area contributed by atoms with Gasteiger partial charge in [0.2, 0.25) is 0 Å². The van der Waals surface area contributed by atoms with E-state index in [0.29, 0.717) is 0 Å². The van der Waals surface area contributed by atoms with Crippen LogP contribution in [0.25, 0.3) is 10.8 Å². The van der Waals surface area contributed by atoms with Crippen molar-refractivity contribution >= 4 is 10.8 Å². The second kappa shape index (κ2) is 10.7. The van der Waals surface area contributed by atoms with Gasteiger partial charge in [-0.05, 0) is 0 Å². The number of benzene rings is 1. The first-order chi connectivity index (χ1) is 7.38. The molecule has 0 nitrogen and oxygen atoms in total. The molecule has 0 N–H and O–H groups in total. The molecule has 0 saturated carbocycles. The maximum atomic E-state index is 2.99. The summed E-state index contributed by atoms with van der Waals surface area (Å²) in [6.07, 6.45) is 10.0. The number of halogens is 2. The molecule has 0 radical (unpaired) electrons. The van der Waals surface area contributed by atoms with Crippen LogP contribution in [0.4, 0.5) is 0 Å². The molecule has 0 spiro atoms. The van der Waals surface area contributed by atoms with Gasteiger partial charge in [-0.1, -0.05) is 13.0 Å². The molecular formula is C15H14Cl2Hf. The van der Waals surface area contributed by atoms with Gasteiger partial charge >= 0.3 is 25.8 Å². The molecule has 0 aromatic heterocycles. The molecule has 1 aliphatic rings. The molecule has 0 amide bonds. The van der Waals surface area contributed by atoms with Crippen molar-refractivity contribution in [2.45, 2.75) is 13.3 Å². The van der Waals surface area contributed by atoms with E-state index in [1.807, 2.05) is 12.2 Å². The third-order valence-electron chi connectivity index (χ3n) is 2.48. The van der Waals surface area contributed by atoms with Crippen molar-refractivity contribution in [1.82, 2.24) is 0 Å². The summed E-state index contributed by atoms with van der Waals surface area (Å²) in [5, 5.41) is 2.72. The van der Waals surface area contributed by atoms with Crippen LogP contribution in [-0.4, -0.2) is 0 Å². The van der Waals surface area contributed by atoms with Crippen molar-refractivity contribution in [3.63, 3.8) is 0 Å². The summed E-state index contributed by atoms with van der Waals surface area (Å²) < 4.78 is 0. The van der Waals surface area contributed by atoms with Gasteiger partial charge in [0, 0.05) is 0 Å². The molecule has 0 atom stereocenters. The smallest absolute Gasteiger partial charge is 1.00 e. The molecule has 18 heavy (non-hydrogen) atoms. The minimum atomic E-state index is 0. The fourth-order valence-electron chi connectivity index (χ4n) is 1.65. The van der Waals surface area contributed by atoms with Crippen LogP contribution in [0.15, 0.2) is 54.6 Å². The largest absolute Gasteiger partial charge is 4.00 e. The van der Waals surface area contributed by atoms with Crippen molar-refractivity contribution < 1.29 is 50.7 Å². The quantitative estimate of drug-likeness (QED) is 0.332. The Morgan fingerprint density at radius 2 is 1.89 bits per heavy atom. The first-order valence-electron chi connectivity index (χ1n) is 5.21. The van der Waals surface area contributed by atoms with Crippen molar-refractivity contribution in [3.8, 4) is 0 Å². The zero-order valence-electron chi connectivity index (χ0n) is 10.2. The Bertz CT molecular complexity index is 488. The number of fused-ring (bicyclic) bond motifs is 1. The van der Waals surface area contributed by atoms with E-state index >= 15 is 0 Å². The Morgan fingerprint density at radius 3 is 2.39 bits per heavy atom. The van der Waals surface area contributed by atoms with E-state index in [-0.39, 0.29) is 50.7 Å². The van der Waals surface area contributed by atoms with E-state index in [1.54, 1.807) is 0 Å². The number of allylic oxidation sites excluding steroid dienone is 4. The van der Waals surface area contributed by atoms with Gasteiger partial charge in [0.05, 0.1) is 0 Å². The zero-order chi connectivity index (χ0) is 10.5. The topological polar surface area (TPSA) is 0 Å². The summed E-state index contributed by atoms with van der Waals surface area (Å²) in [6.45, 7) is 2.14. The Morgan fingerprint density at radius 1 is 1.17 bits per heavy atom. The van der Waals surface area contributed by atoms with Crippen LogP contribution in [0.1, 0.15) is 12.0 Å². The number of hydrogen-bond donors (Lipinski definition) is 0. The average molecular weight is 444 g/mol. The first-order valence-corrected chi connectivity index (χ1v) is 5.21. The van der Waals surface area contributed by atoms with Crippen LogP contribution < -0.4 is 24.8 Å². The predicted molar refractivity (Wildman–Crippen MR) is 65.8 cm³/mol. The van der Waals surface area contributed by atoms with E-state index in [0.717, 1.165) is 6.42 Å². The molecule has 1 aliphatic carbocycles. The van der Waals surface area contributed by atoms with Crippen molar-refractivity contribution in [1.29, 1.82) is 0 Å². The van der Waals surface area contributed by atoms with Crippen molar-refractivity contribution in [2.75, 3.05) is 0 Å². The molecular weight excluding hydrogens is 430 g/mol.